The molecule has 9 N–H and O–H groups in total. The molecule has 0 amide bonds. The third-order valence-corrected chi connectivity index (χ3v) is 4.70. The number of hydrogen-bond donors (Lipinski definition) is 8. The number of hydrogen-bond acceptors (Lipinski definition) is 7. The predicted octanol–water partition coefficient (Wildman–Crippen LogP) is 0.273. The molecule has 0 radical (unpaired) electrons. The average Bonchev–Trinajstić information content (AvgIpc) is 3.39. The van der Waals surface area contributed by atoms with Gasteiger partial charge in [-0.1, -0.05) is 18.2 Å². The van der Waals surface area contributed by atoms with Crippen LogP contribution in [0.25, 0.3) is 10.9 Å². The highest BCUT2D eigenvalue weighted by Gasteiger charge is 2.20. The third-order valence-electron chi connectivity index (χ3n) is 4.30. The van der Waals surface area contributed by atoms with Gasteiger partial charge in [0.1, 0.15) is 18.1 Å². The number of aromatic amines is 1. The van der Waals surface area contributed by atoms with Gasteiger partial charge in [-0.15, -0.1) is 0 Å². The van der Waals surface area contributed by atoms with Crippen molar-refractivity contribution in [3.8, 4) is 0 Å². The molecule has 0 saturated carbocycles. The van der Waals surface area contributed by atoms with Crippen LogP contribution in [0.2, 0.25) is 0 Å². The Balaban J connectivity index is 0.000000254. The summed E-state index contributed by atoms with van der Waals surface area (Å²) >= 11 is 3.65. The first-order valence-electron chi connectivity index (χ1n) is 9.26. The first kappa shape index (κ1) is 25.4. The molecule has 3 atom stereocenters. The summed E-state index contributed by atoms with van der Waals surface area (Å²) in [6.07, 6.45) is 3.94. The van der Waals surface area contributed by atoms with Gasteiger partial charge in [0.2, 0.25) is 0 Å². The normalized spacial score (nSPS) is 17.1. The van der Waals surface area contributed by atoms with Crippen LogP contribution in [0.4, 0.5) is 0 Å². The molecule has 0 aliphatic carbocycles. The van der Waals surface area contributed by atoms with Gasteiger partial charge in [-0.25, -0.2) is 0 Å². The maximum Gasteiger partial charge on any atom is 0.321 e. The van der Waals surface area contributed by atoms with Crippen LogP contribution in [0, 0.1) is 0 Å². The Morgan fingerprint density at radius 1 is 1.10 bits per heavy atom. The molecule has 1 aliphatic rings. The van der Waals surface area contributed by atoms with Crippen LogP contribution < -0.4 is 16.8 Å². The largest absolute Gasteiger partial charge is 0.480 e. The van der Waals surface area contributed by atoms with E-state index < -0.39 is 30.0 Å². The molecule has 2 aromatic rings. The van der Waals surface area contributed by atoms with E-state index in [-0.39, 0.29) is 11.8 Å². The number of thiol groups is 1. The zero-order valence-electron chi connectivity index (χ0n) is 16.3. The van der Waals surface area contributed by atoms with E-state index in [0.717, 1.165) is 35.9 Å². The van der Waals surface area contributed by atoms with Crippen LogP contribution in [0.3, 0.4) is 0 Å². The summed E-state index contributed by atoms with van der Waals surface area (Å²) in [6.45, 7) is 0.858. The first-order valence-corrected chi connectivity index (χ1v) is 9.89. The van der Waals surface area contributed by atoms with Crippen molar-refractivity contribution in [2.45, 2.75) is 37.4 Å². The van der Waals surface area contributed by atoms with Crippen molar-refractivity contribution in [3.05, 3.63) is 36.0 Å². The zero-order valence-corrected chi connectivity index (χ0v) is 17.2. The second-order valence-electron chi connectivity index (χ2n) is 6.62. The second-order valence-corrected chi connectivity index (χ2v) is 6.99. The Hall–Kier alpha value is -2.60. The summed E-state index contributed by atoms with van der Waals surface area (Å²) in [7, 11) is 0. The van der Waals surface area contributed by atoms with E-state index in [1.165, 1.54) is 0 Å². The quantitative estimate of drug-likeness (QED) is 0.291. The lowest BCUT2D eigenvalue weighted by molar-refractivity contribution is -0.139. The highest BCUT2D eigenvalue weighted by molar-refractivity contribution is 7.80. The van der Waals surface area contributed by atoms with Crippen molar-refractivity contribution in [2.24, 2.45) is 11.5 Å². The number of carboxylic acids is 3. The van der Waals surface area contributed by atoms with Gasteiger partial charge in [0.15, 0.2) is 0 Å². The van der Waals surface area contributed by atoms with Crippen molar-refractivity contribution in [3.63, 3.8) is 0 Å². The number of aromatic nitrogens is 1. The number of rotatable bonds is 6. The summed E-state index contributed by atoms with van der Waals surface area (Å²) < 4.78 is 0. The molecule has 2 unspecified atom stereocenters. The molecule has 1 aromatic heterocycles. The summed E-state index contributed by atoms with van der Waals surface area (Å²) in [5.74, 6) is -2.51. The van der Waals surface area contributed by atoms with Crippen LogP contribution in [0.15, 0.2) is 30.5 Å². The van der Waals surface area contributed by atoms with Crippen LogP contribution >= 0.6 is 12.6 Å². The summed E-state index contributed by atoms with van der Waals surface area (Å²) in [6, 6.07) is 5.83. The molecule has 1 saturated heterocycles. The number of H-pyrrole nitrogens is 1. The highest BCUT2D eigenvalue weighted by Crippen LogP contribution is 2.18. The number of benzene rings is 1. The standard InChI is InChI=1S/C11H12N2O2.C5H9NO2.C3H7NO2S/c12-9(11(14)15)5-7-6-13-10-4-2-1-3-8(7)10;7-5(8)4-2-1-3-6-4;4-2(1-7)3(5)6/h1-4,6,9,13H,5,12H2,(H,14,15);4,6H,1-3H2,(H,7,8);2,7H,1,4H2,(H,5,6)/t;4-;/m.0./s1. The van der Waals surface area contributed by atoms with Gasteiger partial charge in [0.05, 0.1) is 0 Å². The molecule has 0 spiro atoms. The van der Waals surface area contributed by atoms with E-state index in [0.29, 0.717) is 6.42 Å². The molecular weight excluding hydrogens is 412 g/mol. The Morgan fingerprint density at radius 2 is 1.73 bits per heavy atom. The molecule has 1 fully saturated rings. The van der Waals surface area contributed by atoms with Gasteiger partial charge in [0.25, 0.3) is 0 Å². The SMILES string of the molecule is NC(CS)C(=O)O.NC(Cc1c[nH]c2ccccc12)C(=O)O.O=C(O)[C@@H]1CCCN1. The lowest BCUT2D eigenvalue weighted by Crippen LogP contribution is -2.32. The molecule has 0 bridgehead atoms. The van der Waals surface area contributed by atoms with E-state index in [1.54, 1.807) is 0 Å². The van der Waals surface area contributed by atoms with Crippen molar-refractivity contribution < 1.29 is 29.7 Å². The fraction of sp³-hybridized carbons (Fsp3) is 0.421. The summed E-state index contributed by atoms with van der Waals surface area (Å²) in [4.78, 5) is 33.6. The zero-order chi connectivity index (χ0) is 22.7. The minimum absolute atomic E-state index is 0.190. The maximum absolute atomic E-state index is 10.6. The maximum atomic E-state index is 10.6. The molecule has 30 heavy (non-hydrogen) atoms. The number of carbonyl (C=O) groups is 3. The van der Waals surface area contributed by atoms with Crippen molar-refractivity contribution >= 4 is 41.4 Å². The molecule has 2 heterocycles. The number of nitrogens with one attached hydrogen (secondary N) is 2. The highest BCUT2D eigenvalue weighted by atomic mass is 32.1. The number of fused-ring (bicyclic) bond motifs is 1. The Kier molecular flexibility index (Phi) is 10.9. The van der Waals surface area contributed by atoms with Gasteiger partial charge < -0.3 is 37.1 Å². The predicted molar refractivity (Wildman–Crippen MR) is 116 cm³/mol. The fourth-order valence-electron chi connectivity index (χ4n) is 2.60. The smallest absolute Gasteiger partial charge is 0.321 e. The molecule has 3 rings (SSSR count). The van der Waals surface area contributed by atoms with E-state index in [4.69, 9.17) is 26.8 Å². The molecule has 11 heteroatoms. The Labute approximate surface area is 179 Å². The lowest BCUT2D eigenvalue weighted by atomic mass is 10.1. The molecule has 10 nitrogen and oxygen atoms in total. The number of aliphatic carboxylic acids is 3. The fourth-order valence-corrected chi connectivity index (χ4v) is 2.75. The molecular formula is C19H28N4O6S. The molecule has 1 aromatic carbocycles. The van der Waals surface area contributed by atoms with Gasteiger partial charge in [-0.3, -0.25) is 14.4 Å². The Morgan fingerprint density at radius 3 is 2.17 bits per heavy atom. The van der Waals surface area contributed by atoms with E-state index >= 15 is 0 Å². The van der Waals surface area contributed by atoms with Crippen molar-refractivity contribution in [1.29, 1.82) is 0 Å². The van der Waals surface area contributed by atoms with Gasteiger partial charge in [-0.05, 0) is 31.0 Å². The van der Waals surface area contributed by atoms with Gasteiger partial charge in [0, 0.05) is 29.3 Å². The monoisotopic (exact) mass is 440 g/mol. The average molecular weight is 441 g/mol. The molecule has 1 aliphatic heterocycles. The van der Waals surface area contributed by atoms with Crippen molar-refractivity contribution in [1.82, 2.24) is 10.3 Å². The second kappa shape index (κ2) is 12.9. The van der Waals surface area contributed by atoms with Crippen LogP contribution in [-0.2, 0) is 20.8 Å². The van der Waals surface area contributed by atoms with Crippen molar-refractivity contribution in [2.75, 3.05) is 12.3 Å². The Bertz CT molecular complexity index is 837. The summed E-state index contributed by atoms with van der Waals surface area (Å²) in [5.41, 5.74) is 12.4. The van der Waals surface area contributed by atoms with Crippen LogP contribution in [0.1, 0.15) is 18.4 Å². The third kappa shape index (κ3) is 8.41. The first-order chi connectivity index (χ1) is 14.2. The number of nitrogens with two attached hydrogens (primary N) is 2. The van der Waals surface area contributed by atoms with E-state index in [2.05, 4.69) is 22.9 Å². The molecule has 166 valence electrons. The topological polar surface area (TPSA) is 192 Å². The number of para-hydroxylation sites is 1. The van der Waals surface area contributed by atoms with Gasteiger partial charge in [-0.2, -0.15) is 12.6 Å². The minimum Gasteiger partial charge on any atom is -0.480 e. The van der Waals surface area contributed by atoms with E-state index in [1.807, 2.05) is 30.5 Å². The summed E-state index contributed by atoms with van der Waals surface area (Å²) in [5, 5.41) is 29.0. The van der Waals surface area contributed by atoms with Crippen LogP contribution in [-0.4, -0.2) is 68.6 Å². The van der Waals surface area contributed by atoms with Gasteiger partial charge >= 0.3 is 17.9 Å². The number of carboxylic acid groups (broad SMARTS) is 3. The lowest BCUT2D eigenvalue weighted by Gasteiger charge is -2.04. The minimum atomic E-state index is -1.00. The van der Waals surface area contributed by atoms with E-state index in [9.17, 15) is 14.4 Å². The van der Waals surface area contributed by atoms with Crippen LogP contribution in [0.5, 0.6) is 0 Å².